The molecule has 0 saturated carbocycles. The van der Waals surface area contributed by atoms with Gasteiger partial charge in [-0.15, -0.1) is 0 Å². The zero-order valence-electron chi connectivity index (χ0n) is 12.9. The largest absolute Gasteiger partial charge is 0.480 e. The normalized spacial score (nSPS) is 12.0. The number of aromatic nitrogens is 2. The highest BCUT2D eigenvalue weighted by molar-refractivity contribution is 7.99. The van der Waals surface area contributed by atoms with E-state index in [-0.39, 0.29) is 17.6 Å². The molecule has 1 atom stereocenters. The number of esters is 1. The third-order valence-electron chi connectivity index (χ3n) is 2.58. The lowest BCUT2D eigenvalue weighted by Gasteiger charge is -2.17. The predicted molar refractivity (Wildman–Crippen MR) is 83.9 cm³/mol. The molecule has 0 radical (unpaired) electrons. The molecular weight excluding hydrogens is 306 g/mol. The Morgan fingerprint density at radius 2 is 2.14 bits per heavy atom. The van der Waals surface area contributed by atoms with E-state index in [2.05, 4.69) is 15.3 Å². The molecule has 0 aliphatic heterocycles. The van der Waals surface area contributed by atoms with Crippen molar-refractivity contribution in [1.29, 1.82) is 0 Å². The van der Waals surface area contributed by atoms with Gasteiger partial charge < -0.3 is 15.2 Å². The van der Waals surface area contributed by atoms with Crippen LogP contribution < -0.4 is 5.32 Å². The van der Waals surface area contributed by atoms with Crippen LogP contribution in [-0.2, 0) is 14.3 Å². The fraction of sp³-hybridized carbons (Fsp3) is 0.571. The van der Waals surface area contributed by atoms with Gasteiger partial charge in [0.15, 0.2) is 0 Å². The lowest BCUT2D eigenvalue weighted by atomic mass is 10.0. The van der Waals surface area contributed by atoms with Crippen LogP contribution >= 0.6 is 11.8 Å². The molecule has 2 N–H and O–H groups in total. The number of carbonyl (C=O) groups excluding carboxylic acids is 1. The summed E-state index contributed by atoms with van der Waals surface area (Å²) in [7, 11) is 0. The highest BCUT2D eigenvalue weighted by Gasteiger charge is 2.19. The molecule has 0 amide bonds. The van der Waals surface area contributed by atoms with E-state index in [0.717, 1.165) is 0 Å². The van der Waals surface area contributed by atoms with Gasteiger partial charge in [0.05, 0.1) is 24.8 Å². The minimum Gasteiger partial charge on any atom is -0.480 e. The van der Waals surface area contributed by atoms with Gasteiger partial charge in [-0.2, -0.15) is 0 Å². The van der Waals surface area contributed by atoms with E-state index < -0.39 is 12.0 Å². The number of aliphatic carboxylic acids is 1. The fourth-order valence-corrected chi connectivity index (χ4v) is 2.34. The molecule has 0 aromatic carbocycles. The van der Waals surface area contributed by atoms with Crippen molar-refractivity contribution in [2.75, 3.05) is 17.7 Å². The van der Waals surface area contributed by atoms with Gasteiger partial charge in [-0.1, -0.05) is 25.6 Å². The summed E-state index contributed by atoms with van der Waals surface area (Å²) >= 11 is 1.20. The number of hydrogen-bond acceptors (Lipinski definition) is 7. The maximum atomic E-state index is 11.3. The van der Waals surface area contributed by atoms with E-state index in [1.807, 2.05) is 13.8 Å². The Morgan fingerprint density at radius 3 is 2.73 bits per heavy atom. The molecule has 22 heavy (non-hydrogen) atoms. The van der Waals surface area contributed by atoms with E-state index in [4.69, 9.17) is 4.74 Å². The molecule has 0 unspecified atom stereocenters. The zero-order chi connectivity index (χ0) is 16.5. The first-order valence-electron chi connectivity index (χ1n) is 7.02. The molecule has 122 valence electrons. The average Bonchev–Trinajstić information content (AvgIpc) is 2.44. The second-order valence-electron chi connectivity index (χ2n) is 5.00. The van der Waals surface area contributed by atoms with Crippen molar-refractivity contribution in [2.45, 2.75) is 38.3 Å². The van der Waals surface area contributed by atoms with Crippen LogP contribution in [0.3, 0.4) is 0 Å². The van der Waals surface area contributed by atoms with Crippen molar-refractivity contribution >= 4 is 29.5 Å². The molecule has 1 heterocycles. The molecule has 1 aromatic rings. The van der Waals surface area contributed by atoms with Gasteiger partial charge in [-0.3, -0.25) is 9.78 Å². The lowest BCUT2D eigenvalue weighted by Crippen LogP contribution is -2.31. The van der Waals surface area contributed by atoms with Gasteiger partial charge in [0.2, 0.25) is 0 Å². The van der Waals surface area contributed by atoms with Crippen molar-refractivity contribution in [3.8, 4) is 0 Å². The smallest absolute Gasteiger partial charge is 0.326 e. The third-order valence-corrected chi connectivity index (χ3v) is 3.46. The summed E-state index contributed by atoms with van der Waals surface area (Å²) in [6.45, 7) is 5.99. The van der Waals surface area contributed by atoms with E-state index in [0.29, 0.717) is 23.9 Å². The van der Waals surface area contributed by atoms with Gasteiger partial charge >= 0.3 is 11.9 Å². The van der Waals surface area contributed by atoms with Crippen molar-refractivity contribution in [1.82, 2.24) is 9.97 Å². The Kier molecular flexibility index (Phi) is 7.65. The summed E-state index contributed by atoms with van der Waals surface area (Å²) in [5.74, 6) is -0.499. The second kappa shape index (κ2) is 9.24. The third kappa shape index (κ3) is 6.75. The number of nitrogens with one attached hydrogen (secondary N) is 1. The van der Waals surface area contributed by atoms with Crippen LogP contribution in [0.1, 0.15) is 27.2 Å². The zero-order valence-corrected chi connectivity index (χ0v) is 13.7. The number of hydrogen-bond donors (Lipinski definition) is 2. The highest BCUT2D eigenvalue weighted by atomic mass is 32.2. The average molecular weight is 327 g/mol. The molecule has 0 bridgehead atoms. The highest BCUT2D eigenvalue weighted by Crippen LogP contribution is 2.17. The molecule has 0 spiro atoms. The van der Waals surface area contributed by atoms with Gasteiger partial charge in [-0.05, 0) is 19.3 Å². The number of carboxylic acid groups (broad SMARTS) is 1. The first-order valence-corrected chi connectivity index (χ1v) is 8.00. The maximum absolute atomic E-state index is 11.3. The number of anilines is 1. The van der Waals surface area contributed by atoms with Crippen molar-refractivity contribution in [2.24, 2.45) is 5.92 Å². The Balaban J connectivity index is 2.66. The summed E-state index contributed by atoms with van der Waals surface area (Å²) in [5, 5.41) is 12.6. The Hall–Kier alpha value is -1.83. The monoisotopic (exact) mass is 327 g/mol. The van der Waals surface area contributed by atoms with Crippen LogP contribution in [0, 0.1) is 5.92 Å². The van der Waals surface area contributed by atoms with E-state index >= 15 is 0 Å². The van der Waals surface area contributed by atoms with E-state index in [9.17, 15) is 14.7 Å². The van der Waals surface area contributed by atoms with Crippen molar-refractivity contribution in [3.05, 3.63) is 12.4 Å². The Labute approximate surface area is 133 Å². The minimum absolute atomic E-state index is 0.139. The van der Waals surface area contributed by atoms with Crippen LogP contribution in [-0.4, -0.2) is 45.4 Å². The van der Waals surface area contributed by atoms with E-state index in [1.54, 1.807) is 6.92 Å². The first-order chi connectivity index (χ1) is 10.4. The van der Waals surface area contributed by atoms with Crippen molar-refractivity contribution in [3.63, 3.8) is 0 Å². The number of nitrogens with zero attached hydrogens (tertiary/aromatic N) is 2. The van der Waals surface area contributed by atoms with Crippen LogP contribution in [0.5, 0.6) is 0 Å². The molecule has 0 saturated heterocycles. The van der Waals surface area contributed by atoms with Gasteiger partial charge in [0.1, 0.15) is 16.9 Å². The van der Waals surface area contributed by atoms with Crippen LogP contribution in [0.25, 0.3) is 0 Å². The topological polar surface area (TPSA) is 101 Å². The second-order valence-corrected chi connectivity index (χ2v) is 6.00. The number of thioether (sulfide) groups is 1. The first kappa shape index (κ1) is 18.2. The minimum atomic E-state index is -0.930. The van der Waals surface area contributed by atoms with Gasteiger partial charge in [-0.25, -0.2) is 9.78 Å². The SMILES string of the molecule is CCOC(=O)CSc1cncc(N[C@@H](CC(C)C)C(=O)O)n1. The number of ether oxygens (including phenoxy) is 1. The quantitative estimate of drug-likeness (QED) is 0.525. The van der Waals surface area contributed by atoms with Crippen LogP contribution in [0.15, 0.2) is 17.4 Å². The van der Waals surface area contributed by atoms with Gasteiger partial charge in [0, 0.05) is 0 Å². The lowest BCUT2D eigenvalue weighted by molar-refractivity contribution is -0.140. The Morgan fingerprint density at radius 1 is 1.41 bits per heavy atom. The van der Waals surface area contributed by atoms with Crippen molar-refractivity contribution < 1.29 is 19.4 Å². The summed E-state index contributed by atoms with van der Waals surface area (Å²) in [5.41, 5.74) is 0. The molecular formula is C14H21N3O4S. The molecule has 0 aliphatic rings. The number of rotatable bonds is 9. The number of carbonyl (C=O) groups is 2. The fourth-order valence-electron chi connectivity index (χ4n) is 1.69. The number of carboxylic acids is 1. The molecule has 0 fully saturated rings. The van der Waals surface area contributed by atoms with Crippen LogP contribution in [0.4, 0.5) is 5.82 Å². The molecule has 1 rings (SSSR count). The maximum Gasteiger partial charge on any atom is 0.326 e. The van der Waals surface area contributed by atoms with E-state index in [1.165, 1.54) is 24.2 Å². The summed E-state index contributed by atoms with van der Waals surface area (Å²) in [4.78, 5) is 30.8. The molecule has 8 heteroatoms. The molecule has 1 aromatic heterocycles. The summed E-state index contributed by atoms with van der Waals surface area (Å²) in [6.07, 6.45) is 3.47. The standard InChI is InChI=1S/C14H21N3O4S/c1-4-21-13(18)8-22-12-7-15-6-11(17-12)16-10(14(19)20)5-9(2)3/h6-7,9-10H,4-5,8H2,1-3H3,(H,16,17)(H,19,20)/t10-/m0/s1. The predicted octanol–water partition coefficient (Wildman–Crippen LogP) is 2.04. The Bertz CT molecular complexity index is 511. The molecule has 0 aliphatic carbocycles. The summed E-state index contributed by atoms with van der Waals surface area (Å²) in [6, 6.07) is -0.723. The van der Waals surface area contributed by atoms with Gasteiger partial charge in [0.25, 0.3) is 0 Å². The molecule has 7 nitrogen and oxygen atoms in total. The van der Waals surface area contributed by atoms with Crippen LogP contribution in [0.2, 0.25) is 0 Å². The summed E-state index contributed by atoms with van der Waals surface area (Å²) < 4.78 is 4.83.